The zero-order chi connectivity index (χ0) is 23.1. The minimum Gasteiger partial charge on any atom is -0.335 e. The van der Waals surface area contributed by atoms with Crippen LogP contribution in [0.2, 0.25) is 20.1 Å². The van der Waals surface area contributed by atoms with Crippen molar-refractivity contribution in [3.05, 3.63) is 56.5 Å². The van der Waals surface area contributed by atoms with Crippen LogP contribution in [0, 0.1) is 0 Å². The predicted molar refractivity (Wildman–Crippen MR) is 133 cm³/mol. The lowest BCUT2D eigenvalue weighted by Gasteiger charge is -2.06. The fourth-order valence-electron chi connectivity index (χ4n) is 3.29. The van der Waals surface area contributed by atoms with Gasteiger partial charge in [-0.05, 0) is 42.8 Å². The van der Waals surface area contributed by atoms with E-state index in [1.165, 1.54) is 25.7 Å². The third kappa shape index (κ3) is 6.38. The Morgan fingerprint density at radius 2 is 1.31 bits per heavy atom. The Balaban J connectivity index is 1.85. The van der Waals surface area contributed by atoms with Gasteiger partial charge in [-0.25, -0.2) is 4.79 Å². The summed E-state index contributed by atoms with van der Waals surface area (Å²) in [6, 6.07) is 9.69. The van der Waals surface area contributed by atoms with E-state index in [2.05, 4.69) is 22.4 Å². The van der Waals surface area contributed by atoms with E-state index in [1.807, 2.05) is 0 Å². The average Bonchev–Trinajstić information content (AvgIpc) is 3.18. The van der Waals surface area contributed by atoms with Crippen molar-refractivity contribution in [1.29, 1.82) is 0 Å². The van der Waals surface area contributed by atoms with Crippen LogP contribution in [0.25, 0.3) is 22.5 Å². The molecular formula is C23H24Cl4N4O. The lowest BCUT2D eigenvalue weighted by molar-refractivity contribution is 0.236. The number of aromatic nitrogens is 3. The van der Waals surface area contributed by atoms with Crippen LogP contribution < -0.4 is 5.32 Å². The van der Waals surface area contributed by atoms with E-state index in [0.29, 0.717) is 49.2 Å². The largest absolute Gasteiger partial charge is 0.359 e. The van der Waals surface area contributed by atoms with E-state index in [0.717, 1.165) is 17.6 Å². The van der Waals surface area contributed by atoms with Crippen molar-refractivity contribution in [1.82, 2.24) is 20.3 Å². The van der Waals surface area contributed by atoms with Crippen molar-refractivity contribution in [2.24, 2.45) is 0 Å². The number of hydrogen-bond acceptors (Lipinski definition) is 3. The van der Waals surface area contributed by atoms with Crippen LogP contribution in [-0.2, 0) is 0 Å². The molecule has 1 aromatic heterocycles. The summed E-state index contributed by atoms with van der Waals surface area (Å²) >= 11 is 24.9. The minimum atomic E-state index is -0.416. The summed E-state index contributed by atoms with van der Waals surface area (Å²) in [5, 5.41) is 13.5. The molecule has 0 atom stereocenters. The zero-order valence-corrected chi connectivity index (χ0v) is 20.7. The first-order valence-electron chi connectivity index (χ1n) is 10.6. The van der Waals surface area contributed by atoms with Gasteiger partial charge in [-0.3, -0.25) is 0 Å². The van der Waals surface area contributed by atoms with Crippen molar-refractivity contribution in [3.63, 3.8) is 0 Å². The second-order valence-electron chi connectivity index (χ2n) is 7.43. The molecule has 0 aliphatic rings. The maximum atomic E-state index is 12.7. The van der Waals surface area contributed by atoms with Crippen LogP contribution in [0.1, 0.15) is 45.4 Å². The highest BCUT2D eigenvalue weighted by Crippen LogP contribution is 2.38. The molecule has 3 rings (SSSR count). The molecule has 3 aromatic rings. The van der Waals surface area contributed by atoms with Crippen molar-refractivity contribution < 1.29 is 4.79 Å². The molecule has 0 aliphatic heterocycles. The van der Waals surface area contributed by atoms with Gasteiger partial charge in [0, 0.05) is 27.7 Å². The van der Waals surface area contributed by atoms with E-state index < -0.39 is 6.03 Å². The van der Waals surface area contributed by atoms with Crippen molar-refractivity contribution in [2.45, 2.75) is 45.4 Å². The number of hydrogen-bond donors (Lipinski definition) is 1. The third-order valence-electron chi connectivity index (χ3n) is 4.97. The number of rotatable bonds is 9. The molecule has 0 aliphatic carbocycles. The summed E-state index contributed by atoms with van der Waals surface area (Å²) in [7, 11) is 0. The normalized spacial score (nSPS) is 11.0. The van der Waals surface area contributed by atoms with Gasteiger partial charge in [-0.15, -0.1) is 10.2 Å². The Labute approximate surface area is 208 Å². The number of unbranched alkanes of at least 4 members (excludes halogenated alkanes) is 5. The number of benzene rings is 2. The van der Waals surface area contributed by atoms with Gasteiger partial charge in [0.2, 0.25) is 0 Å². The Morgan fingerprint density at radius 3 is 1.81 bits per heavy atom. The molecule has 0 radical (unpaired) electrons. The molecule has 1 N–H and O–H groups in total. The maximum Gasteiger partial charge on any atom is 0.359 e. The highest BCUT2D eigenvalue weighted by atomic mass is 35.5. The Bertz CT molecular complexity index is 1010. The van der Waals surface area contributed by atoms with Gasteiger partial charge in [0.1, 0.15) is 11.4 Å². The summed E-state index contributed by atoms with van der Waals surface area (Å²) in [6.07, 6.45) is 6.83. The monoisotopic (exact) mass is 512 g/mol. The molecule has 1 amide bonds. The summed E-state index contributed by atoms with van der Waals surface area (Å²) in [4.78, 5) is 13.7. The summed E-state index contributed by atoms with van der Waals surface area (Å²) in [5.74, 6) is 0. The van der Waals surface area contributed by atoms with Crippen molar-refractivity contribution in [3.8, 4) is 22.5 Å². The van der Waals surface area contributed by atoms with Gasteiger partial charge in [-0.2, -0.15) is 0 Å². The smallest absolute Gasteiger partial charge is 0.335 e. The first-order valence-corrected chi connectivity index (χ1v) is 12.1. The first kappa shape index (κ1) is 24.8. The summed E-state index contributed by atoms with van der Waals surface area (Å²) in [6.45, 7) is 2.74. The molecule has 170 valence electrons. The molecule has 0 fully saturated rings. The third-order valence-corrected chi connectivity index (χ3v) is 6.07. The van der Waals surface area contributed by atoms with E-state index in [-0.39, 0.29) is 0 Å². The maximum absolute atomic E-state index is 12.7. The Morgan fingerprint density at radius 1 is 0.812 bits per heavy atom. The molecule has 0 saturated carbocycles. The number of carbonyl (C=O) groups is 1. The number of amides is 1. The van der Waals surface area contributed by atoms with Crippen LogP contribution in [0.3, 0.4) is 0 Å². The molecule has 32 heavy (non-hydrogen) atoms. The highest BCUT2D eigenvalue weighted by molar-refractivity contribution is 6.37. The van der Waals surface area contributed by atoms with Crippen LogP contribution in [0.4, 0.5) is 4.79 Å². The number of nitrogens with one attached hydrogen (secondary N) is 1. The van der Waals surface area contributed by atoms with Crippen LogP contribution in [-0.4, -0.2) is 27.6 Å². The molecule has 9 heteroatoms. The number of carbonyl (C=O) groups excluding carboxylic acids is 1. The molecule has 0 saturated heterocycles. The van der Waals surface area contributed by atoms with Gasteiger partial charge >= 0.3 is 6.03 Å². The fourth-order valence-corrected chi connectivity index (χ4v) is 4.29. The SMILES string of the molecule is CCCCCCCCNC(=O)n1nc(-c2ccc(Cl)cc2Cl)c(-c2ccc(Cl)cc2Cl)n1. The number of nitrogens with zero attached hydrogens (tertiary/aromatic N) is 3. The van der Waals surface area contributed by atoms with E-state index >= 15 is 0 Å². The van der Waals surface area contributed by atoms with Gasteiger partial charge < -0.3 is 5.32 Å². The topological polar surface area (TPSA) is 59.8 Å². The fraction of sp³-hybridized carbons (Fsp3) is 0.348. The first-order chi connectivity index (χ1) is 15.4. The number of halogens is 4. The molecule has 5 nitrogen and oxygen atoms in total. The van der Waals surface area contributed by atoms with Crippen molar-refractivity contribution >= 4 is 52.4 Å². The van der Waals surface area contributed by atoms with E-state index in [9.17, 15) is 4.79 Å². The second-order valence-corrected chi connectivity index (χ2v) is 9.12. The molecule has 0 unspecified atom stereocenters. The highest BCUT2D eigenvalue weighted by Gasteiger charge is 2.22. The lowest BCUT2D eigenvalue weighted by atomic mass is 10.0. The standard InChI is InChI=1S/C23H24Cl4N4O/c1-2-3-4-5-6-7-12-28-23(32)31-29-21(17-10-8-15(24)13-19(17)26)22(30-31)18-11-9-16(25)14-20(18)27/h8-11,13-14H,2-7,12H2,1H3,(H,28,32). The quantitative estimate of drug-likeness (QED) is 0.293. The van der Waals surface area contributed by atoms with Gasteiger partial charge in [0.15, 0.2) is 0 Å². The van der Waals surface area contributed by atoms with Gasteiger partial charge in [-0.1, -0.05) is 90.2 Å². The molecule has 2 aromatic carbocycles. The van der Waals surface area contributed by atoms with Crippen LogP contribution >= 0.6 is 46.4 Å². The van der Waals surface area contributed by atoms with E-state index in [1.54, 1.807) is 36.4 Å². The summed E-state index contributed by atoms with van der Waals surface area (Å²) < 4.78 is 0. The van der Waals surface area contributed by atoms with Crippen molar-refractivity contribution in [2.75, 3.05) is 6.54 Å². The van der Waals surface area contributed by atoms with Gasteiger partial charge in [0.05, 0.1) is 10.0 Å². The lowest BCUT2D eigenvalue weighted by Crippen LogP contribution is -2.31. The van der Waals surface area contributed by atoms with E-state index in [4.69, 9.17) is 46.4 Å². The minimum absolute atomic E-state index is 0.392. The second kappa shape index (κ2) is 11.9. The molecular weight excluding hydrogens is 490 g/mol. The predicted octanol–water partition coefficient (Wildman–Crippen LogP) is 8.14. The van der Waals surface area contributed by atoms with Gasteiger partial charge in [0.25, 0.3) is 0 Å². The summed E-state index contributed by atoms with van der Waals surface area (Å²) in [5.41, 5.74) is 2.02. The molecule has 0 bridgehead atoms. The average molecular weight is 514 g/mol. The molecule has 0 spiro atoms. The Kier molecular flexibility index (Phi) is 9.23. The van der Waals surface area contributed by atoms with Crippen LogP contribution in [0.5, 0.6) is 0 Å². The molecule has 1 heterocycles. The zero-order valence-electron chi connectivity index (χ0n) is 17.7. The van der Waals surface area contributed by atoms with Crippen LogP contribution in [0.15, 0.2) is 36.4 Å². The Hall–Kier alpha value is -1.79.